The number of aromatic nitrogens is 4. The summed E-state index contributed by atoms with van der Waals surface area (Å²) in [6, 6.07) is 1.29. The summed E-state index contributed by atoms with van der Waals surface area (Å²) in [5.74, 6) is -1.37. The Balaban J connectivity index is 1.51. The van der Waals surface area contributed by atoms with E-state index in [0.717, 1.165) is 38.1 Å². The second-order valence-corrected chi connectivity index (χ2v) is 8.14. The number of carboxylic acids is 1. The van der Waals surface area contributed by atoms with Crippen LogP contribution in [-0.2, 0) is 11.2 Å². The van der Waals surface area contributed by atoms with Gasteiger partial charge in [0.2, 0.25) is 0 Å². The van der Waals surface area contributed by atoms with Gasteiger partial charge in [-0.3, -0.25) is 4.79 Å². The van der Waals surface area contributed by atoms with Crippen LogP contribution < -0.4 is 0 Å². The molecule has 2 atom stereocenters. The number of H-pyrrole nitrogens is 1. The van der Waals surface area contributed by atoms with Crippen molar-refractivity contribution in [2.45, 2.75) is 32.1 Å². The largest absolute Gasteiger partial charge is 0.481 e. The molecule has 0 unspecified atom stereocenters. The maximum Gasteiger partial charge on any atom is 0.307 e. The van der Waals surface area contributed by atoms with E-state index in [2.05, 4.69) is 19.9 Å². The molecule has 3 fully saturated rings. The smallest absolute Gasteiger partial charge is 0.307 e. The van der Waals surface area contributed by atoms with E-state index in [1.54, 1.807) is 6.20 Å². The van der Waals surface area contributed by atoms with Crippen molar-refractivity contribution in [3.63, 3.8) is 0 Å². The Morgan fingerprint density at radius 3 is 2.66 bits per heavy atom. The van der Waals surface area contributed by atoms with Crippen molar-refractivity contribution in [3.05, 3.63) is 42.1 Å². The van der Waals surface area contributed by atoms with E-state index in [1.165, 1.54) is 6.07 Å². The van der Waals surface area contributed by atoms with E-state index < -0.39 is 23.5 Å². The van der Waals surface area contributed by atoms with Gasteiger partial charge in [0.1, 0.15) is 23.0 Å². The number of carboxylic acid groups (broad SMARTS) is 1. The molecule has 2 N–H and O–H groups in total. The molecule has 0 saturated heterocycles. The number of pyridine rings is 1. The maximum atomic E-state index is 14.5. The first-order chi connectivity index (χ1) is 14.0. The molecule has 3 aromatic heterocycles. The summed E-state index contributed by atoms with van der Waals surface area (Å²) in [7, 11) is 0. The number of hydrogen-bond acceptors (Lipinski definition) is 4. The summed E-state index contributed by atoms with van der Waals surface area (Å²) in [4.78, 5) is 27.3. The molecule has 3 heterocycles. The standard InChI is InChI=1S/C21H20F2N4O2/c22-12-5-14-15(8-26-20(14)25-7-12)19-16(23)9-24-17(27-19)6-13-10-1-3-11(4-2-10)18(13)21(28)29/h5,7-11,13,18H,1-4,6H2,(H,25,26)(H,28,29)/t10?,11?,13-,18-/m0/s1. The van der Waals surface area contributed by atoms with Crippen LogP contribution in [0.15, 0.2) is 24.7 Å². The number of halogens is 2. The minimum atomic E-state index is -0.759. The van der Waals surface area contributed by atoms with Gasteiger partial charge in [-0.1, -0.05) is 0 Å². The molecule has 0 radical (unpaired) electrons. The van der Waals surface area contributed by atoms with Crippen LogP contribution in [0.5, 0.6) is 0 Å². The average molecular weight is 398 g/mol. The van der Waals surface area contributed by atoms with Gasteiger partial charge >= 0.3 is 5.97 Å². The van der Waals surface area contributed by atoms with Gasteiger partial charge in [0, 0.05) is 23.6 Å². The first-order valence-corrected chi connectivity index (χ1v) is 9.88. The number of carbonyl (C=O) groups is 1. The second kappa shape index (κ2) is 6.86. The lowest BCUT2D eigenvalue weighted by molar-refractivity contribution is -0.152. The third-order valence-electron chi connectivity index (χ3n) is 6.64. The molecule has 0 amide bonds. The molecule has 29 heavy (non-hydrogen) atoms. The number of rotatable bonds is 4. The zero-order valence-electron chi connectivity index (χ0n) is 15.6. The van der Waals surface area contributed by atoms with Crippen molar-refractivity contribution in [1.29, 1.82) is 0 Å². The maximum absolute atomic E-state index is 14.5. The fourth-order valence-electron chi connectivity index (χ4n) is 5.33. The molecule has 3 aliphatic rings. The van der Waals surface area contributed by atoms with Crippen LogP contribution >= 0.6 is 0 Å². The van der Waals surface area contributed by atoms with Crippen molar-refractivity contribution in [2.75, 3.05) is 0 Å². The van der Waals surface area contributed by atoms with Crippen LogP contribution in [0.3, 0.4) is 0 Å². The molecule has 0 aromatic carbocycles. The zero-order chi connectivity index (χ0) is 20.1. The van der Waals surface area contributed by atoms with E-state index in [9.17, 15) is 18.7 Å². The minimum Gasteiger partial charge on any atom is -0.481 e. The number of nitrogens with one attached hydrogen (secondary N) is 1. The Bertz CT molecular complexity index is 1090. The van der Waals surface area contributed by atoms with Gasteiger partial charge in [0.15, 0.2) is 5.82 Å². The summed E-state index contributed by atoms with van der Waals surface area (Å²) in [5.41, 5.74) is 0.922. The SMILES string of the molecule is O=C(O)[C@H]1C2CCC(CC2)[C@@H]1Cc1ncc(F)c(-c2c[nH]c3ncc(F)cc23)n1. The van der Waals surface area contributed by atoms with Gasteiger partial charge < -0.3 is 10.1 Å². The van der Waals surface area contributed by atoms with Gasteiger partial charge in [-0.25, -0.2) is 23.7 Å². The Kier molecular flexibility index (Phi) is 4.29. The van der Waals surface area contributed by atoms with Crippen molar-refractivity contribution in [3.8, 4) is 11.3 Å². The highest BCUT2D eigenvalue weighted by molar-refractivity contribution is 5.92. The van der Waals surface area contributed by atoms with Gasteiger partial charge in [0.05, 0.1) is 18.3 Å². The van der Waals surface area contributed by atoms with Crippen molar-refractivity contribution in [1.82, 2.24) is 19.9 Å². The number of nitrogens with zero attached hydrogens (tertiary/aromatic N) is 3. The number of aromatic amines is 1. The van der Waals surface area contributed by atoms with E-state index in [-0.39, 0.29) is 17.5 Å². The lowest BCUT2D eigenvalue weighted by atomic mass is 9.57. The van der Waals surface area contributed by atoms with Crippen molar-refractivity contribution >= 4 is 17.0 Å². The molecule has 6 nitrogen and oxygen atoms in total. The molecule has 3 aromatic rings. The van der Waals surface area contributed by atoms with Gasteiger partial charge in [0.25, 0.3) is 0 Å². The Labute approximate surface area is 165 Å². The summed E-state index contributed by atoms with van der Waals surface area (Å²) < 4.78 is 28.2. The number of fused-ring (bicyclic) bond motifs is 4. The Morgan fingerprint density at radius 2 is 1.90 bits per heavy atom. The van der Waals surface area contributed by atoms with Crippen molar-refractivity contribution in [2.24, 2.45) is 23.7 Å². The molecule has 3 saturated carbocycles. The molecule has 8 heteroatoms. The third kappa shape index (κ3) is 3.07. The quantitative estimate of drug-likeness (QED) is 0.694. The molecule has 6 rings (SSSR count). The highest BCUT2D eigenvalue weighted by atomic mass is 19.1. The van der Waals surface area contributed by atoms with Crippen LogP contribution in [0.2, 0.25) is 0 Å². The summed E-state index contributed by atoms with van der Waals surface area (Å²) in [5, 5.41) is 10.2. The Morgan fingerprint density at radius 1 is 1.14 bits per heavy atom. The fraction of sp³-hybridized carbons (Fsp3) is 0.429. The van der Waals surface area contributed by atoms with Crippen LogP contribution in [0.25, 0.3) is 22.3 Å². The predicted molar refractivity (Wildman–Crippen MR) is 101 cm³/mol. The van der Waals surface area contributed by atoms with E-state index in [0.29, 0.717) is 34.8 Å². The van der Waals surface area contributed by atoms with Crippen molar-refractivity contribution < 1.29 is 18.7 Å². The predicted octanol–water partition coefficient (Wildman–Crippen LogP) is 3.98. The molecular weight excluding hydrogens is 378 g/mol. The van der Waals surface area contributed by atoms with Gasteiger partial charge in [-0.15, -0.1) is 0 Å². The third-order valence-corrected chi connectivity index (χ3v) is 6.64. The van der Waals surface area contributed by atoms with E-state index >= 15 is 0 Å². The lowest BCUT2D eigenvalue weighted by Crippen LogP contribution is -2.45. The molecule has 150 valence electrons. The molecular formula is C21H20F2N4O2. The van der Waals surface area contributed by atoms with Gasteiger partial charge in [-0.2, -0.15) is 0 Å². The summed E-state index contributed by atoms with van der Waals surface area (Å²) >= 11 is 0. The first kappa shape index (κ1) is 18.1. The van der Waals surface area contributed by atoms with E-state index in [1.807, 2.05) is 0 Å². The first-order valence-electron chi connectivity index (χ1n) is 9.88. The summed E-state index contributed by atoms with van der Waals surface area (Å²) in [6.07, 6.45) is 8.13. The van der Waals surface area contributed by atoms with Crippen LogP contribution in [0, 0.1) is 35.3 Å². The average Bonchev–Trinajstić information content (AvgIpc) is 3.13. The minimum absolute atomic E-state index is 0.0413. The molecule has 2 bridgehead atoms. The second-order valence-electron chi connectivity index (χ2n) is 8.14. The summed E-state index contributed by atoms with van der Waals surface area (Å²) in [6.45, 7) is 0. The lowest BCUT2D eigenvalue weighted by Gasteiger charge is -2.46. The van der Waals surface area contributed by atoms with E-state index in [4.69, 9.17) is 0 Å². The zero-order valence-corrected chi connectivity index (χ0v) is 15.6. The fourth-order valence-corrected chi connectivity index (χ4v) is 5.33. The molecule has 3 aliphatic carbocycles. The van der Waals surface area contributed by atoms with Crippen LogP contribution in [-0.4, -0.2) is 31.0 Å². The van der Waals surface area contributed by atoms with Crippen LogP contribution in [0.4, 0.5) is 8.78 Å². The van der Waals surface area contributed by atoms with Crippen LogP contribution in [0.1, 0.15) is 31.5 Å². The normalized spacial score (nSPS) is 26.1. The number of hydrogen-bond donors (Lipinski definition) is 2. The Hall–Kier alpha value is -2.90. The topological polar surface area (TPSA) is 91.8 Å². The number of aliphatic carboxylic acids is 1. The molecule has 0 aliphatic heterocycles. The highest BCUT2D eigenvalue weighted by Crippen LogP contribution is 2.50. The molecule has 0 spiro atoms. The van der Waals surface area contributed by atoms with Gasteiger partial charge in [-0.05, 0) is 49.5 Å². The highest BCUT2D eigenvalue weighted by Gasteiger charge is 2.47. The monoisotopic (exact) mass is 398 g/mol.